The summed E-state index contributed by atoms with van der Waals surface area (Å²) in [4.78, 5) is 0. The zero-order valence-electron chi connectivity index (χ0n) is 14.4. The van der Waals surface area contributed by atoms with Crippen LogP contribution in [0.25, 0.3) is 0 Å². The van der Waals surface area contributed by atoms with Crippen molar-refractivity contribution in [3.63, 3.8) is 0 Å². The Morgan fingerprint density at radius 1 is 0.952 bits per heavy atom. The molecule has 2 aliphatic carbocycles. The Hall–Kier alpha value is -0.0800. The molecule has 0 amide bonds. The average Bonchev–Trinajstić information content (AvgIpc) is 2.89. The van der Waals surface area contributed by atoms with Crippen molar-refractivity contribution < 1.29 is 4.74 Å². The first-order valence-electron chi connectivity index (χ1n) is 9.35. The van der Waals surface area contributed by atoms with Crippen LogP contribution >= 0.6 is 0 Å². The largest absolute Gasteiger partial charge is 0.375 e. The Balaban J connectivity index is 1.63. The summed E-state index contributed by atoms with van der Waals surface area (Å²) in [6, 6.07) is 0.725. The van der Waals surface area contributed by atoms with Crippen LogP contribution in [0.2, 0.25) is 0 Å². The van der Waals surface area contributed by atoms with Crippen LogP contribution < -0.4 is 5.32 Å². The number of nitrogens with one attached hydrogen (secondary N) is 1. The van der Waals surface area contributed by atoms with Gasteiger partial charge in [-0.1, -0.05) is 26.7 Å². The summed E-state index contributed by atoms with van der Waals surface area (Å²) in [5.74, 6) is 1.73. The van der Waals surface area contributed by atoms with E-state index in [4.69, 9.17) is 4.74 Å². The fourth-order valence-corrected chi connectivity index (χ4v) is 5.38. The SMILES string of the molecule is CNC(C1CCC(C)(C)CC1)C1CCOC2(CCCC2)C1. The van der Waals surface area contributed by atoms with Gasteiger partial charge in [-0.15, -0.1) is 0 Å². The fraction of sp³-hybridized carbons (Fsp3) is 1.00. The van der Waals surface area contributed by atoms with Gasteiger partial charge in [-0.05, 0) is 75.7 Å². The van der Waals surface area contributed by atoms with Gasteiger partial charge in [0.25, 0.3) is 0 Å². The molecule has 2 unspecified atom stereocenters. The minimum absolute atomic E-state index is 0.270. The highest BCUT2D eigenvalue weighted by Gasteiger charge is 2.43. The number of hydrogen-bond donors (Lipinski definition) is 1. The topological polar surface area (TPSA) is 21.3 Å². The van der Waals surface area contributed by atoms with E-state index >= 15 is 0 Å². The smallest absolute Gasteiger partial charge is 0.0685 e. The van der Waals surface area contributed by atoms with E-state index in [-0.39, 0.29) is 5.60 Å². The molecule has 1 heterocycles. The van der Waals surface area contributed by atoms with E-state index in [1.807, 2.05) is 0 Å². The number of rotatable bonds is 3. The molecule has 2 nitrogen and oxygen atoms in total. The Labute approximate surface area is 131 Å². The normalized spacial score (nSPS) is 34.1. The maximum atomic E-state index is 6.24. The van der Waals surface area contributed by atoms with Crippen molar-refractivity contribution in [3.8, 4) is 0 Å². The van der Waals surface area contributed by atoms with Gasteiger partial charge in [0.2, 0.25) is 0 Å². The predicted octanol–water partition coefficient (Wildman–Crippen LogP) is 4.53. The first-order valence-corrected chi connectivity index (χ1v) is 9.35. The molecule has 0 radical (unpaired) electrons. The first kappa shape index (κ1) is 15.8. The standard InChI is InChI=1S/C19H35NO/c1-18(2)11-6-15(7-12-18)17(20-3)16-8-13-21-19(14-16)9-4-5-10-19/h15-17,20H,4-14H2,1-3H3. The van der Waals surface area contributed by atoms with E-state index in [2.05, 4.69) is 26.2 Å². The molecule has 0 bridgehead atoms. The summed E-state index contributed by atoms with van der Waals surface area (Å²) in [7, 11) is 2.20. The van der Waals surface area contributed by atoms with Crippen LogP contribution in [0.1, 0.15) is 78.1 Å². The molecule has 3 rings (SSSR count). The maximum absolute atomic E-state index is 6.24. The molecular formula is C19H35NO. The third-order valence-electron chi connectivity index (χ3n) is 6.78. The Morgan fingerprint density at radius 2 is 1.62 bits per heavy atom. The molecule has 2 heteroatoms. The molecule has 1 aliphatic heterocycles. The lowest BCUT2D eigenvalue weighted by molar-refractivity contribution is -0.102. The highest BCUT2D eigenvalue weighted by molar-refractivity contribution is 4.96. The van der Waals surface area contributed by atoms with Crippen molar-refractivity contribution in [1.82, 2.24) is 5.32 Å². The van der Waals surface area contributed by atoms with Crippen LogP contribution in [0.4, 0.5) is 0 Å². The van der Waals surface area contributed by atoms with E-state index in [1.165, 1.54) is 64.2 Å². The molecule has 2 saturated carbocycles. The zero-order chi connectivity index (χ0) is 14.9. The van der Waals surface area contributed by atoms with E-state index in [9.17, 15) is 0 Å². The van der Waals surface area contributed by atoms with Gasteiger partial charge < -0.3 is 10.1 Å². The molecule has 0 aromatic rings. The number of hydrogen-bond acceptors (Lipinski definition) is 2. The Kier molecular flexibility index (Phi) is 4.66. The van der Waals surface area contributed by atoms with Crippen LogP contribution in [0.3, 0.4) is 0 Å². The monoisotopic (exact) mass is 293 g/mol. The lowest BCUT2D eigenvalue weighted by Crippen LogP contribution is -2.48. The molecule has 0 aromatic carbocycles. The highest BCUT2D eigenvalue weighted by atomic mass is 16.5. The van der Waals surface area contributed by atoms with E-state index < -0.39 is 0 Å². The van der Waals surface area contributed by atoms with E-state index in [0.29, 0.717) is 5.41 Å². The van der Waals surface area contributed by atoms with Crippen molar-refractivity contribution in [3.05, 3.63) is 0 Å². The Bertz CT molecular complexity index is 335. The summed E-state index contributed by atoms with van der Waals surface area (Å²) in [6.07, 6.45) is 13.6. The lowest BCUT2D eigenvalue weighted by Gasteiger charge is -2.45. The molecule has 122 valence electrons. The third-order valence-corrected chi connectivity index (χ3v) is 6.78. The second-order valence-corrected chi connectivity index (χ2v) is 8.81. The van der Waals surface area contributed by atoms with Crippen LogP contribution in [-0.4, -0.2) is 25.3 Å². The van der Waals surface area contributed by atoms with Crippen molar-refractivity contribution in [2.75, 3.05) is 13.7 Å². The molecule has 3 aliphatic rings. The van der Waals surface area contributed by atoms with Gasteiger partial charge in [-0.25, -0.2) is 0 Å². The van der Waals surface area contributed by atoms with Crippen molar-refractivity contribution in [2.24, 2.45) is 17.3 Å². The van der Waals surface area contributed by atoms with Gasteiger partial charge in [-0.3, -0.25) is 0 Å². The van der Waals surface area contributed by atoms with Crippen LogP contribution in [0, 0.1) is 17.3 Å². The minimum atomic E-state index is 0.270. The molecular weight excluding hydrogens is 258 g/mol. The van der Waals surface area contributed by atoms with Crippen LogP contribution in [0.15, 0.2) is 0 Å². The molecule has 2 atom stereocenters. The second-order valence-electron chi connectivity index (χ2n) is 8.81. The van der Waals surface area contributed by atoms with Crippen molar-refractivity contribution in [1.29, 1.82) is 0 Å². The van der Waals surface area contributed by atoms with E-state index in [1.54, 1.807) is 0 Å². The van der Waals surface area contributed by atoms with Crippen LogP contribution in [0.5, 0.6) is 0 Å². The summed E-state index contributed by atoms with van der Waals surface area (Å²) in [6.45, 7) is 5.89. The summed E-state index contributed by atoms with van der Waals surface area (Å²) >= 11 is 0. The molecule has 1 saturated heterocycles. The quantitative estimate of drug-likeness (QED) is 0.825. The number of ether oxygens (including phenoxy) is 1. The second kappa shape index (κ2) is 6.20. The average molecular weight is 293 g/mol. The van der Waals surface area contributed by atoms with Gasteiger partial charge >= 0.3 is 0 Å². The predicted molar refractivity (Wildman–Crippen MR) is 88.5 cm³/mol. The van der Waals surface area contributed by atoms with Gasteiger partial charge in [0, 0.05) is 12.6 Å². The molecule has 0 aromatic heterocycles. The van der Waals surface area contributed by atoms with Crippen LogP contribution in [-0.2, 0) is 4.74 Å². The lowest BCUT2D eigenvalue weighted by atomic mass is 9.67. The highest BCUT2D eigenvalue weighted by Crippen LogP contribution is 2.46. The zero-order valence-corrected chi connectivity index (χ0v) is 14.4. The van der Waals surface area contributed by atoms with Crippen molar-refractivity contribution in [2.45, 2.75) is 89.7 Å². The molecule has 21 heavy (non-hydrogen) atoms. The van der Waals surface area contributed by atoms with Gasteiger partial charge in [0.05, 0.1) is 5.60 Å². The molecule has 1 N–H and O–H groups in total. The first-order chi connectivity index (χ1) is 10.0. The molecule has 1 spiro atoms. The fourth-order valence-electron chi connectivity index (χ4n) is 5.38. The minimum Gasteiger partial charge on any atom is -0.375 e. The molecule has 3 fully saturated rings. The van der Waals surface area contributed by atoms with Gasteiger partial charge in [-0.2, -0.15) is 0 Å². The summed E-state index contributed by atoms with van der Waals surface area (Å²) < 4.78 is 6.24. The van der Waals surface area contributed by atoms with E-state index in [0.717, 1.165) is 24.5 Å². The third kappa shape index (κ3) is 3.47. The Morgan fingerprint density at radius 3 is 2.24 bits per heavy atom. The van der Waals surface area contributed by atoms with Crippen molar-refractivity contribution >= 4 is 0 Å². The van der Waals surface area contributed by atoms with Gasteiger partial charge in [0.1, 0.15) is 0 Å². The maximum Gasteiger partial charge on any atom is 0.0685 e. The summed E-state index contributed by atoms with van der Waals surface area (Å²) in [5.41, 5.74) is 0.850. The summed E-state index contributed by atoms with van der Waals surface area (Å²) in [5, 5.41) is 3.72. The van der Waals surface area contributed by atoms with Gasteiger partial charge in [0.15, 0.2) is 0 Å².